The van der Waals surface area contributed by atoms with Gasteiger partial charge in [0.2, 0.25) is 0 Å². The molecule has 3 N–H and O–H groups in total. The van der Waals surface area contributed by atoms with Crippen molar-refractivity contribution in [3.05, 3.63) is 35.8 Å². The van der Waals surface area contributed by atoms with Gasteiger partial charge in [0.1, 0.15) is 17.0 Å². The molecule has 7 heteroatoms. The molecule has 0 aromatic carbocycles. The maximum atomic E-state index is 13.1. The molecule has 3 heterocycles. The number of pyridine rings is 1. The molecule has 162 valence electrons. The SMILES string of the molecule is NCC1CN(C(=O)c2cn3c(C(=O)NCC45CC6CC6C6(CC6C4)C5)cccc3n2)C1. The highest BCUT2D eigenvalue weighted by molar-refractivity contribution is 5.96. The number of aromatic nitrogens is 2. The van der Waals surface area contributed by atoms with E-state index in [0.29, 0.717) is 53.4 Å². The Labute approximate surface area is 181 Å². The van der Waals surface area contributed by atoms with Gasteiger partial charge in [-0.1, -0.05) is 6.07 Å². The Kier molecular flexibility index (Phi) is 3.45. The molecule has 5 fully saturated rings. The van der Waals surface area contributed by atoms with Crippen LogP contribution in [0.4, 0.5) is 0 Å². The molecule has 4 saturated carbocycles. The van der Waals surface area contributed by atoms with Crippen LogP contribution in [0, 0.1) is 34.5 Å². The van der Waals surface area contributed by atoms with Crippen molar-refractivity contribution in [1.82, 2.24) is 19.6 Å². The summed E-state index contributed by atoms with van der Waals surface area (Å²) in [6, 6.07) is 5.50. The summed E-state index contributed by atoms with van der Waals surface area (Å²) in [4.78, 5) is 32.1. The molecule has 2 aromatic heterocycles. The van der Waals surface area contributed by atoms with Crippen molar-refractivity contribution in [2.75, 3.05) is 26.2 Å². The molecule has 2 aromatic rings. The van der Waals surface area contributed by atoms with Crippen molar-refractivity contribution >= 4 is 17.5 Å². The number of amides is 2. The quantitative estimate of drug-likeness (QED) is 0.774. The summed E-state index contributed by atoms with van der Waals surface area (Å²) in [5.41, 5.74) is 8.21. The van der Waals surface area contributed by atoms with Crippen LogP contribution in [-0.4, -0.2) is 52.3 Å². The van der Waals surface area contributed by atoms with E-state index < -0.39 is 0 Å². The first-order valence-corrected chi connectivity index (χ1v) is 11.8. The zero-order valence-electron chi connectivity index (χ0n) is 17.7. The van der Waals surface area contributed by atoms with Gasteiger partial charge in [0.15, 0.2) is 0 Å². The van der Waals surface area contributed by atoms with Crippen LogP contribution in [0.2, 0.25) is 0 Å². The van der Waals surface area contributed by atoms with E-state index in [1.54, 1.807) is 15.5 Å². The predicted molar refractivity (Wildman–Crippen MR) is 114 cm³/mol. The summed E-state index contributed by atoms with van der Waals surface area (Å²) in [7, 11) is 0. The van der Waals surface area contributed by atoms with Gasteiger partial charge in [-0.3, -0.25) is 14.0 Å². The van der Waals surface area contributed by atoms with Gasteiger partial charge in [0, 0.05) is 31.7 Å². The van der Waals surface area contributed by atoms with Crippen molar-refractivity contribution in [2.45, 2.75) is 32.1 Å². The average Bonchev–Trinajstić information content (AvgIpc) is 3.56. The Morgan fingerprint density at radius 3 is 2.94 bits per heavy atom. The first-order chi connectivity index (χ1) is 15.0. The number of fused-ring (bicyclic) bond motifs is 3. The van der Waals surface area contributed by atoms with Crippen LogP contribution in [-0.2, 0) is 0 Å². The fourth-order valence-corrected chi connectivity index (χ4v) is 7.57. The van der Waals surface area contributed by atoms with Crippen molar-refractivity contribution in [1.29, 1.82) is 0 Å². The van der Waals surface area contributed by atoms with E-state index in [1.165, 1.54) is 32.1 Å². The molecule has 31 heavy (non-hydrogen) atoms. The second-order valence-electron chi connectivity index (χ2n) is 11.1. The Morgan fingerprint density at radius 1 is 1.23 bits per heavy atom. The van der Waals surface area contributed by atoms with Gasteiger partial charge in [-0.25, -0.2) is 4.98 Å². The minimum Gasteiger partial charge on any atom is -0.350 e. The third-order valence-electron chi connectivity index (χ3n) is 9.16. The number of carbonyl (C=O) groups is 2. The molecule has 5 aliphatic rings. The van der Waals surface area contributed by atoms with E-state index >= 15 is 0 Å². The third-order valence-corrected chi connectivity index (χ3v) is 9.16. The second kappa shape index (κ2) is 5.88. The normalized spacial score (nSPS) is 37.2. The van der Waals surface area contributed by atoms with Crippen molar-refractivity contribution in [3.8, 4) is 0 Å². The molecule has 7 nitrogen and oxygen atoms in total. The van der Waals surface area contributed by atoms with Crippen LogP contribution in [0.25, 0.3) is 5.65 Å². The van der Waals surface area contributed by atoms with Crippen molar-refractivity contribution in [3.63, 3.8) is 0 Å². The predicted octanol–water partition coefficient (Wildman–Crippen LogP) is 1.92. The number of nitrogens with one attached hydrogen (secondary N) is 1. The summed E-state index contributed by atoms with van der Waals surface area (Å²) in [6.07, 6.45) is 8.49. The summed E-state index contributed by atoms with van der Waals surface area (Å²) in [5.74, 6) is 3.07. The first kappa shape index (κ1) is 18.2. The second-order valence-corrected chi connectivity index (χ2v) is 11.1. The number of imidazole rings is 1. The number of likely N-dealkylation sites (tertiary alicyclic amines) is 1. The standard InChI is InChI=1S/C24H29N5O2/c25-8-14-9-28(10-14)22(31)18-11-29-19(2-1-3-20(29)27-18)21(30)26-13-23-5-15-4-17(15)24(12-23)7-16(24)6-23/h1-3,11,14-17H,4-10,12-13,25H2,(H,26,30). The fourth-order valence-electron chi connectivity index (χ4n) is 7.57. The minimum atomic E-state index is -0.0877. The van der Waals surface area contributed by atoms with E-state index in [4.69, 9.17) is 5.73 Å². The molecule has 1 saturated heterocycles. The summed E-state index contributed by atoms with van der Waals surface area (Å²) < 4.78 is 1.76. The number of nitrogens with zero attached hydrogens (tertiary/aromatic N) is 3. The van der Waals surface area contributed by atoms with Gasteiger partial charge in [-0.2, -0.15) is 0 Å². The summed E-state index contributed by atoms with van der Waals surface area (Å²) in [5, 5.41) is 3.26. The lowest BCUT2D eigenvalue weighted by molar-refractivity contribution is 0.0510. The smallest absolute Gasteiger partial charge is 0.274 e. The molecule has 1 aliphatic heterocycles. The molecular formula is C24H29N5O2. The first-order valence-electron chi connectivity index (χ1n) is 11.8. The van der Waals surface area contributed by atoms with Crippen LogP contribution in [0.1, 0.15) is 53.1 Å². The maximum Gasteiger partial charge on any atom is 0.274 e. The molecule has 5 atom stereocenters. The molecule has 4 aliphatic carbocycles. The van der Waals surface area contributed by atoms with E-state index in [-0.39, 0.29) is 11.8 Å². The molecular weight excluding hydrogens is 390 g/mol. The molecule has 0 radical (unpaired) electrons. The van der Waals surface area contributed by atoms with Crippen LogP contribution in [0.15, 0.2) is 24.4 Å². The van der Waals surface area contributed by atoms with Crippen LogP contribution in [0.5, 0.6) is 0 Å². The Bertz CT molecular complexity index is 1120. The van der Waals surface area contributed by atoms with E-state index in [9.17, 15) is 9.59 Å². The van der Waals surface area contributed by atoms with Crippen molar-refractivity contribution < 1.29 is 9.59 Å². The Balaban J connectivity index is 1.09. The highest BCUT2D eigenvalue weighted by atomic mass is 16.2. The van der Waals surface area contributed by atoms with Gasteiger partial charge in [0.05, 0.1) is 0 Å². The van der Waals surface area contributed by atoms with Gasteiger partial charge in [-0.15, -0.1) is 0 Å². The van der Waals surface area contributed by atoms with E-state index in [2.05, 4.69) is 10.3 Å². The van der Waals surface area contributed by atoms with Crippen LogP contribution in [0.3, 0.4) is 0 Å². The maximum absolute atomic E-state index is 13.1. The van der Waals surface area contributed by atoms with Gasteiger partial charge in [-0.05, 0) is 79.4 Å². The largest absolute Gasteiger partial charge is 0.350 e. The fraction of sp³-hybridized carbons (Fsp3) is 0.625. The van der Waals surface area contributed by atoms with E-state index in [1.807, 2.05) is 18.2 Å². The van der Waals surface area contributed by atoms with Crippen LogP contribution < -0.4 is 11.1 Å². The molecule has 7 rings (SSSR count). The Morgan fingerprint density at radius 2 is 2.10 bits per heavy atom. The summed E-state index contributed by atoms with van der Waals surface area (Å²) in [6.45, 7) is 2.74. The lowest BCUT2D eigenvalue weighted by atomic mass is 9.71. The highest BCUT2D eigenvalue weighted by Crippen LogP contribution is 2.83. The molecule has 1 spiro atoms. The van der Waals surface area contributed by atoms with Crippen molar-refractivity contribution in [2.24, 2.45) is 40.2 Å². The lowest BCUT2D eigenvalue weighted by Gasteiger charge is -2.38. The number of hydrogen-bond acceptors (Lipinski definition) is 4. The number of nitrogens with two attached hydrogens (primary N) is 1. The lowest BCUT2D eigenvalue weighted by Crippen LogP contribution is -2.52. The number of carbonyl (C=O) groups excluding carboxylic acids is 2. The zero-order chi connectivity index (χ0) is 21.0. The molecule has 2 bridgehead atoms. The molecule has 5 unspecified atom stereocenters. The zero-order valence-corrected chi connectivity index (χ0v) is 17.7. The molecule has 2 amide bonds. The van der Waals surface area contributed by atoms with Gasteiger partial charge < -0.3 is 16.0 Å². The van der Waals surface area contributed by atoms with Crippen LogP contribution >= 0.6 is 0 Å². The number of rotatable bonds is 5. The minimum absolute atomic E-state index is 0.0731. The monoisotopic (exact) mass is 419 g/mol. The topological polar surface area (TPSA) is 92.7 Å². The Hall–Kier alpha value is -2.41. The average molecular weight is 420 g/mol. The highest BCUT2D eigenvalue weighted by Gasteiger charge is 2.76. The van der Waals surface area contributed by atoms with Gasteiger partial charge in [0.25, 0.3) is 11.8 Å². The van der Waals surface area contributed by atoms with E-state index in [0.717, 1.165) is 24.3 Å². The summed E-state index contributed by atoms with van der Waals surface area (Å²) >= 11 is 0. The number of hydrogen-bond donors (Lipinski definition) is 2. The van der Waals surface area contributed by atoms with Gasteiger partial charge >= 0.3 is 0 Å². The third kappa shape index (κ3) is 2.52.